The van der Waals surface area contributed by atoms with E-state index in [1.807, 2.05) is 45.9 Å². The molecular weight excluding hydrogens is 492 g/mol. The minimum atomic E-state index is -4.57. The van der Waals surface area contributed by atoms with E-state index < -0.39 is 10.1 Å². The predicted molar refractivity (Wildman–Crippen MR) is 138 cm³/mol. The molecule has 0 radical (unpaired) electrons. The first kappa shape index (κ1) is 30.3. The van der Waals surface area contributed by atoms with E-state index in [0.29, 0.717) is 50.2 Å². The zero-order chi connectivity index (χ0) is 26.6. The van der Waals surface area contributed by atoms with Crippen molar-refractivity contribution in [3.63, 3.8) is 0 Å². The highest BCUT2D eigenvalue weighted by molar-refractivity contribution is 7.94. The van der Waals surface area contributed by atoms with Crippen LogP contribution in [-0.2, 0) is 19.5 Å². The second-order valence-corrected chi connectivity index (χ2v) is 8.46. The monoisotopic (exact) mass is 522 g/mol. The van der Waals surface area contributed by atoms with Gasteiger partial charge in [-0.25, -0.2) is 5.26 Å². The van der Waals surface area contributed by atoms with Gasteiger partial charge in [-0.2, -0.15) is 23.8 Å². The summed E-state index contributed by atoms with van der Waals surface area (Å²) in [7, 11) is -3.17. The van der Waals surface area contributed by atoms with Crippen LogP contribution in [0.4, 0.5) is 17.1 Å². The van der Waals surface area contributed by atoms with E-state index in [2.05, 4.69) is 29.8 Å². The highest BCUT2D eigenvalue weighted by Crippen LogP contribution is 2.44. The molecule has 0 aliphatic carbocycles. The fourth-order valence-electron chi connectivity index (χ4n) is 3.19. The number of hydrogen-bond acceptors (Lipinski definition) is 10. The standard InChI is InChI=1S/C19H18N4O6S2.2C2H6/c1-11-17-12(2)19(22-20-3)16(31(25,26)27)10-13(17)9-15(30-29-28-24)18(11)23-21-14-7-5-4-6-8-14;2*1-2/h4-10,24H,1-3H3,(H,25,26,27);2*1-2H3. The smallest absolute Gasteiger partial charge is 0.282 e. The van der Waals surface area contributed by atoms with Gasteiger partial charge in [0.15, 0.2) is 0 Å². The summed E-state index contributed by atoms with van der Waals surface area (Å²) in [6.07, 6.45) is 0. The van der Waals surface area contributed by atoms with Crippen molar-refractivity contribution in [1.29, 1.82) is 0 Å². The molecule has 10 nitrogen and oxygen atoms in total. The lowest BCUT2D eigenvalue weighted by atomic mass is 9.98. The Labute approximate surface area is 209 Å². The number of rotatable bonds is 7. The number of nitrogens with zero attached hydrogens (tertiary/aromatic N) is 4. The number of hydrogen-bond donors (Lipinski definition) is 2. The zero-order valence-corrected chi connectivity index (χ0v) is 22.3. The summed E-state index contributed by atoms with van der Waals surface area (Å²) in [4.78, 5) is 0.0146. The van der Waals surface area contributed by atoms with Crippen LogP contribution in [0.5, 0.6) is 0 Å². The molecule has 2 N–H and O–H groups in total. The van der Waals surface area contributed by atoms with Crippen LogP contribution < -0.4 is 0 Å². The molecule has 0 atom stereocenters. The second-order valence-electron chi connectivity index (χ2n) is 6.33. The van der Waals surface area contributed by atoms with Crippen molar-refractivity contribution in [3.05, 3.63) is 53.6 Å². The van der Waals surface area contributed by atoms with Crippen LogP contribution in [-0.4, -0.2) is 25.3 Å². The number of benzene rings is 3. The Morgan fingerprint density at radius 3 is 2.03 bits per heavy atom. The summed E-state index contributed by atoms with van der Waals surface area (Å²) in [6.45, 7) is 11.4. The fraction of sp³-hybridized carbons (Fsp3) is 0.304. The van der Waals surface area contributed by atoms with Crippen LogP contribution in [0.2, 0.25) is 0 Å². The lowest BCUT2D eigenvalue weighted by Crippen LogP contribution is -2.01. The van der Waals surface area contributed by atoms with Gasteiger partial charge in [-0.3, -0.25) is 4.55 Å². The maximum Gasteiger partial charge on any atom is 0.296 e. The van der Waals surface area contributed by atoms with Gasteiger partial charge in [-0.15, -0.1) is 9.45 Å². The molecule has 12 heteroatoms. The van der Waals surface area contributed by atoms with Gasteiger partial charge in [0.2, 0.25) is 0 Å². The second kappa shape index (κ2) is 14.6. The van der Waals surface area contributed by atoms with Crippen molar-refractivity contribution in [2.45, 2.75) is 51.3 Å². The number of azo groups is 2. The zero-order valence-electron chi connectivity index (χ0n) is 20.7. The molecule has 0 saturated heterocycles. The van der Waals surface area contributed by atoms with E-state index >= 15 is 0 Å². The van der Waals surface area contributed by atoms with Crippen molar-refractivity contribution in [2.75, 3.05) is 7.05 Å². The van der Waals surface area contributed by atoms with Crippen LogP contribution in [0.1, 0.15) is 38.8 Å². The summed E-state index contributed by atoms with van der Waals surface area (Å²) in [5, 5.41) is 29.5. The molecule has 3 rings (SSSR count). The van der Waals surface area contributed by atoms with Gasteiger partial charge in [0, 0.05) is 7.05 Å². The van der Waals surface area contributed by atoms with E-state index in [4.69, 9.17) is 5.26 Å². The first-order valence-electron chi connectivity index (χ1n) is 10.8. The van der Waals surface area contributed by atoms with E-state index in [1.54, 1.807) is 32.0 Å². The molecule has 0 aromatic heterocycles. The van der Waals surface area contributed by atoms with Crippen LogP contribution in [0.3, 0.4) is 0 Å². The SMILES string of the molecule is CC.CC.CN=Nc1c(S(=O)(=O)O)cc2cc(SOOO)c(N=Nc3ccccc3)c(C)c2c1C. The molecule has 0 bridgehead atoms. The minimum absolute atomic E-state index is 0.0295. The summed E-state index contributed by atoms with van der Waals surface area (Å²) in [5.41, 5.74) is 2.20. The molecule has 0 amide bonds. The Morgan fingerprint density at radius 2 is 1.49 bits per heavy atom. The number of fused-ring (bicyclic) bond motifs is 1. The average molecular weight is 523 g/mol. The molecule has 0 aliphatic heterocycles. The van der Waals surface area contributed by atoms with Crippen LogP contribution in [0.25, 0.3) is 10.8 Å². The van der Waals surface area contributed by atoms with Crippen molar-refractivity contribution >= 4 is 50.0 Å². The minimum Gasteiger partial charge on any atom is -0.282 e. The molecule has 3 aromatic carbocycles. The molecule has 190 valence electrons. The van der Waals surface area contributed by atoms with Gasteiger partial charge in [0.25, 0.3) is 10.1 Å². The van der Waals surface area contributed by atoms with Gasteiger partial charge in [0.05, 0.1) is 22.6 Å². The highest BCUT2D eigenvalue weighted by Gasteiger charge is 2.23. The van der Waals surface area contributed by atoms with Crippen molar-refractivity contribution in [2.24, 2.45) is 20.5 Å². The van der Waals surface area contributed by atoms with Gasteiger partial charge in [0.1, 0.15) is 16.3 Å². The van der Waals surface area contributed by atoms with Gasteiger partial charge in [-0.1, -0.05) is 50.9 Å². The molecule has 0 spiro atoms. The Hall–Kier alpha value is -2.74. The third-order valence-corrected chi connectivity index (χ3v) is 5.93. The van der Waals surface area contributed by atoms with Crippen molar-refractivity contribution in [1.82, 2.24) is 0 Å². The molecule has 0 aliphatic rings. The molecule has 0 heterocycles. The molecule has 35 heavy (non-hydrogen) atoms. The van der Waals surface area contributed by atoms with Gasteiger partial charge < -0.3 is 0 Å². The Morgan fingerprint density at radius 1 is 0.886 bits per heavy atom. The first-order chi connectivity index (χ1) is 16.8. The topological polar surface area (TPSA) is 142 Å². The third kappa shape index (κ3) is 7.62. The lowest BCUT2D eigenvalue weighted by molar-refractivity contribution is -0.432. The Bertz CT molecular complexity index is 1280. The first-order valence-corrected chi connectivity index (χ1v) is 13.0. The molecule has 0 unspecified atom stereocenters. The van der Waals surface area contributed by atoms with Crippen molar-refractivity contribution in [3.8, 4) is 0 Å². The summed E-state index contributed by atoms with van der Waals surface area (Å²) < 4.78 is 38.1. The largest absolute Gasteiger partial charge is 0.296 e. The summed E-state index contributed by atoms with van der Waals surface area (Å²) in [6, 6.07) is 11.9. The quantitative estimate of drug-likeness (QED) is 0.104. The van der Waals surface area contributed by atoms with Gasteiger partial charge >= 0.3 is 0 Å². The van der Waals surface area contributed by atoms with E-state index in [1.165, 1.54) is 13.1 Å². The van der Waals surface area contributed by atoms with Crippen LogP contribution in [0.15, 0.2) is 72.7 Å². The van der Waals surface area contributed by atoms with Crippen molar-refractivity contribution < 1.29 is 27.6 Å². The number of aryl methyl sites for hydroxylation is 2. The molecule has 3 aromatic rings. The predicted octanol–water partition coefficient (Wildman–Crippen LogP) is 8.31. The maximum atomic E-state index is 11.9. The highest BCUT2D eigenvalue weighted by atomic mass is 32.2. The van der Waals surface area contributed by atoms with Crippen LogP contribution >= 0.6 is 12.0 Å². The fourth-order valence-corrected chi connectivity index (χ4v) is 4.45. The van der Waals surface area contributed by atoms with Crippen LogP contribution in [0, 0.1) is 13.8 Å². The summed E-state index contributed by atoms with van der Waals surface area (Å²) >= 11 is 0.665. The average Bonchev–Trinajstić information content (AvgIpc) is 2.86. The van der Waals surface area contributed by atoms with Gasteiger partial charge in [-0.05, 0) is 60.0 Å². The van der Waals surface area contributed by atoms with E-state index in [9.17, 15) is 13.0 Å². The van der Waals surface area contributed by atoms with E-state index in [0.717, 1.165) is 0 Å². The Kier molecular flexibility index (Phi) is 12.6. The summed E-state index contributed by atoms with van der Waals surface area (Å²) in [5.74, 6) is 0. The molecule has 0 saturated carbocycles. The molecule has 0 fully saturated rings. The molecular formula is C23H30N4O6S2. The lowest BCUT2D eigenvalue weighted by Gasteiger charge is -2.15. The third-order valence-electron chi connectivity index (χ3n) is 4.44. The Balaban J connectivity index is 0.00000145. The van der Waals surface area contributed by atoms with E-state index in [-0.39, 0.29) is 10.6 Å². The normalized spacial score (nSPS) is 11.3. The maximum absolute atomic E-state index is 11.9.